The summed E-state index contributed by atoms with van der Waals surface area (Å²) in [5.41, 5.74) is 6.43. The molecule has 3 N–H and O–H groups in total. The minimum Gasteiger partial charge on any atom is -0.506 e. The molecule has 0 aromatic heterocycles. The summed E-state index contributed by atoms with van der Waals surface area (Å²) in [5, 5.41) is 9.63. The summed E-state index contributed by atoms with van der Waals surface area (Å²) in [6.07, 6.45) is 6.01. The van der Waals surface area contributed by atoms with E-state index in [1.165, 1.54) is 25.3 Å². The zero-order valence-electron chi connectivity index (χ0n) is 11.0. The molecule has 2 aliphatic rings. The number of phenolic OH excluding ortho intramolecular Hbond substituents is 1. The quantitative estimate of drug-likeness (QED) is 0.602. The first-order valence-electron chi connectivity index (χ1n) is 7.06. The van der Waals surface area contributed by atoms with Gasteiger partial charge < -0.3 is 15.7 Å². The molecular weight excluding hydrogens is 240 g/mol. The monoisotopic (exact) mass is 260 g/mol. The molecule has 1 aliphatic carbocycles. The molecule has 2 fully saturated rings. The number of carbonyl (C=O) groups excluding carboxylic acids is 1. The van der Waals surface area contributed by atoms with Crippen molar-refractivity contribution in [1.82, 2.24) is 4.90 Å². The number of aromatic hydroxyl groups is 1. The minimum atomic E-state index is -0.00904. The second-order valence-electron chi connectivity index (χ2n) is 5.67. The van der Waals surface area contributed by atoms with Crippen LogP contribution >= 0.6 is 0 Å². The fourth-order valence-electron chi connectivity index (χ4n) is 3.50. The Morgan fingerprint density at radius 1 is 1.26 bits per heavy atom. The Morgan fingerprint density at radius 2 is 2.05 bits per heavy atom. The van der Waals surface area contributed by atoms with E-state index in [0.717, 1.165) is 19.4 Å². The Bertz CT molecular complexity index is 501. The normalized spacial score (nSPS) is 26.2. The van der Waals surface area contributed by atoms with E-state index in [1.54, 1.807) is 12.1 Å². The number of nitrogens with zero attached hydrogens (tertiary/aromatic N) is 1. The number of amides is 1. The summed E-state index contributed by atoms with van der Waals surface area (Å²) < 4.78 is 0. The molecule has 3 rings (SSSR count). The first-order valence-corrected chi connectivity index (χ1v) is 7.06. The predicted octanol–water partition coefficient (Wildman–Crippen LogP) is 2.38. The van der Waals surface area contributed by atoms with Crippen LogP contribution in [0.2, 0.25) is 0 Å². The molecule has 0 spiro atoms. The van der Waals surface area contributed by atoms with Gasteiger partial charge >= 0.3 is 0 Å². The van der Waals surface area contributed by atoms with Crippen molar-refractivity contribution in [2.24, 2.45) is 5.92 Å². The van der Waals surface area contributed by atoms with E-state index < -0.39 is 0 Å². The Balaban J connectivity index is 1.81. The van der Waals surface area contributed by atoms with Crippen LogP contribution in [0, 0.1) is 5.92 Å². The molecule has 4 nitrogen and oxygen atoms in total. The van der Waals surface area contributed by atoms with Crippen LogP contribution in [-0.4, -0.2) is 28.5 Å². The number of nitrogen functional groups attached to an aromatic ring is 1. The number of likely N-dealkylation sites (tertiary alicyclic amines) is 1. The maximum atomic E-state index is 12.5. The fourth-order valence-corrected chi connectivity index (χ4v) is 3.50. The molecule has 2 unspecified atom stereocenters. The molecule has 19 heavy (non-hydrogen) atoms. The van der Waals surface area contributed by atoms with E-state index in [4.69, 9.17) is 5.73 Å². The van der Waals surface area contributed by atoms with Crippen LogP contribution in [0.5, 0.6) is 5.75 Å². The van der Waals surface area contributed by atoms with Gasteiger partial charge in [0.1, 0.15) is 5.75 Å². The third kappa shape index (κ3) is 2.15. The lowest BCUT2D eigenvalue weighted by atomic mass is 9.85. The zero-order valence-corrected chi connectivity index (χ0v) is 11.0. The van der Waals surface area contributed by atoms with E-state index in [1.807, 2.05) is 4.90 Å². The van der Waals surface area contributed by atoms with Gasteiger partial charge in [0.25, 0.3) is 5.91 Å². The van der Waals surface area contributed by atoms with Gasteiger partial charge in [-0.2, -0.15) is 0 Å². The van der Waals surface area contributed by atoms with Crippen LogP contribution < -0.4 is 5.73 Å². The highest BCUT2D eigenvalue weighted by Crippen LogP contribution is 2.37. The topological polar surface area (TPSA) is 66.6 Å². The van der Waals surface area contributed by atoms with Gasteiger partial charge in [0, 0.05) is 18.2 Å². The molecule has 1 saturated heterocycles. The summed E-state index contributed by atoms with van der Waals surface area (Å²) in [6.45, 7) is 0.847. The standard InChI is InChI=1S/C15H20N2O2/c16-12-6-5-11(9-14(12)18)15(19)17-8-7-10-3-1-2-4-13(10)17/h5-6,9-10,13,18H,1-4,7-8,16H2. The van der Waals surface area contributed by atoms with Crippen molar-refractivity contribution >= 4 is 11.6 Å². The highest BCUT2D eigenvalue weighted by atomic mass is 16.3. The van der Waals surface area contributed by atoms with Crippen molar-refractivity contribution in [2.45, 2.75) is 38.1 Å². The first-order chi connectivity index (χ1) is 9.16. The van der Waals surface area contributed by atoms with Crippen molar-refractivity contribution in [3.8, 4) is 5.75 Å². The Morgan fingerprint density at radius 3 is 2.84 bits per heavy atom. The van der Waals surface area contributed by atoms with Crippen LogP contribution in [0.4, 0.5) is 5.69 Å². The Hall–Kier alpha value is -1.71. The van der Waals surface area contributed by atoms with Gasteiger partial charge in [0.05, 0.1) is 5.69 Å². The molecular formula is C15H20N2O2. The largest absolute Gasteiger partial charge is 0.506 e. The summed E-state index contributed by atoms with van der Waals surface area (Å²) in [6, 6.07) is 5.18. The Labute approximate surface area is 113 Å². The highest BCUT2D eigenvalue weighted by molar-refractivity contribution is 5.95. The number of hydrogen-bond acceptors (Lipinski definition) is 3. The molecule has 102 valence electrons. The molecule has 2 atom stereocenters. The van der Waals surface area contributed by atoms with Crippen molar-refractivity contribution in [3.05, 3.63) is 23.8 Å². The molecule has 1 saturated carbocycles. The van der Waals surface area contributed by atoms with E-state index in [-0.39, 0.29) is 11.7 Å². The Kier molecular flexibility index (Phi) is 3.09. The van der Waals surface area contributed by atoms with Crippen LogP contribution in [0.15, 0.2) is 18.2 Å². The highest BCUT2D eigenvalue weighted by Gasteiger charge is 2.38. The zero-order chi connectivity index (χ0) is 13.4. The molecule has 1 amide bonds. The number of rotatable bonds is 1. The van der Waals surface area contributed by atoms with Crippen molar-refractivity contribution < 1.29 is 9.90 Å². The number of anilines is 1. The maximum absolute atomic E-state index is 12.5. The van der Waals surface area contributed by atoms with Crippen LogP contribution in [0.3, 0.4) is 0 Å². The third-order valence-corrected chi connectivity index (χ3v) is 4.55. The number of carbonyl (C=O) groups is 1. The summed E-state index contributed by atoms with van der Waals surface area (Å²) in [5.74, 6) is 0.704. The lowest BCUT2D eigenvalue weighted by Crippen LogP contribution is -2.39. The number of hydrogen-bond donors (Lipinski definition) is 2. The average molecular weight is 260 g/mol. The van der Waals surface area contributed by atoms with Gasteiger partial charge in [-0.3, -0.25) is 4.79 Å². The van der Waals surface area contributed by atoms with E-state index in [9.17, 15) is 9.90 Å². The van der Waals surface area contributed by atoms with Gasteiger partial charge in [0.15, 0.2) is 0 Å². The number of fused-ring (bicyclic) bond motifs is 1. The maximum Gasteiger partial charge on any atom is 0.254 e. The van der Waals surface area contributed by atoms with E-state index >= 15 is 0 Å². The van der Waals surface area contributed by atoms with Crippen molar-refractivity contribution in [2.75, 3.05) is 12.3 Å². The van der Waals surface area contributed by atoms with Gasteiger partial charge in [-0.05, 0) is 43.4 Å². The van der Waals surface area contributed by atoms with Gasteiger partial charge in [0.2, 0.25) is 0 Å². The number of benzene rings is 1. The summed E-state index contributed by atoms with van der Waals surface area (Å²) in [7, 11) is 0. The predicted molar refractivity (Wildman–Crippen MR) is 73.9 cm³/mol. The lowest BCUT2D eigenvalue weighted by molar-refractivity contribution is 0.0690. The molecule has 1 aromatic carbocycles. The molecule has 0 bridgehead atoms. The molecule has 1 aliphatic heterocycles. The molecule has 1 aromatic rings. The molecule has 1 heterocycles. The molecule has 0 radical (unpaired) electrons. The van der Waals surface area contributed by atoms with Gasteiger partial charge in [-0.1, -0.05) is 12.8 Å². The van der Waals surface area contributed by atoms with Gasteiger partial charge in [-0.25, -0.2) is 0 Å². The van der Waals surface area contributed by atoms with Gasteiger partial charge in [-0.15, -0.1) is 0 Å². The van der Waals surface area contributed by atoms with E-state index in [0.29, 0.717) is 23.2 Å². The third-order valence-electron chi connectivity index (χ3n) is 4.55. The second kappa shape index (κ2) is 4.76. The van der Waals surface area contributed by atoms with Crippen LogP contribution in [0.25, 0.3) is 0 Å². The summed E-state index contributed by atoms with van der Waals surface area (Å²) in [4.78, 5) is 14.5. The summed E-state index contributed by atoms with van der Waals surface area (Å²) >= 11 is 0. The minimum absolute atomic E-state index is 0.00904. The van der Waals surface area contributed by atoms with E-state index in [2.05, 4.69) is 0 Å². The SMILES string of the molecule is Nc1ccc(C(=O)N2CCC3CCCCC32)cc1O. The lowest BCUT2D eigenvalue weighted by Gasteiger charge is -2.31. The first kappa shape index (κ1) is 12.3. The number of phenols is 1. The molecule has 4 heteroatoms. The number of nitrogens with two attached hydrogens (primary N) is 1. The fraction of sp³-hybridized carbons (Fsp3) is 0.533. The van der Waals surface area contributed by atoms with Crippen molar-refractivity contribution in [3.63, 3.8) is 0 Å². The second-order valence-corrected chi connectivity index (χ2v) is 5.67. The van der Waals surface area contributed by atoms with Crippen molar-refractivity contribution in [1.29, 1.82) is 0 Å². The van der Waals surface area contributed by atoms with Crippen LogP contribution in [-0.2, 0) is 0 Å². The smallest absolute Gasteiger partial charge is 0.254 e. The van der Waals surface area contributed by atoms with Crippen LogP contribution in [0.1, 0.15) is 42.5 Å². The average Bonchev–Trinajstić information content (AvgIpc) is 2.85.